The molecule has 1 aromatic heterocycles. The standard InChI is InChI=1S/C12H17N5O3/c1-4-7-11(19)14-8(18)5-17(7)12(20)10-9(13)6(2)15-16(10)3/h7H,4-5,13H2,1-3H3,(H,14,18,19). The van der Waals surface area contributed by atoms with Gasteiger partial charge in [0.1, 0.15) is 18.3 Å². The summed E-state index contributed by atoms with van der Waals surface area (Å²) < 4.78 is 1.37. The molecule has 3 N–H and O–H groups in total. The lowest BCUT2D eigenvalue weighted by molar-refractivity contribution is -0.138. The highest BCUT2D eigenvalue weighted by Gasteiger charge is 2.37. The summed E-state index contributed by atoms with van der Waals surface area (Å²) in [6.45, 7) is 3.31. The van der Waals surface area contributed by atoms with E-state index in [9.17, 15) is 14.4 Å². The molecule has 1 saturated heterocycles. The Morgan fingerprint density at radius 2 is 2.15 bits per heavy atom. The predicted molar refractivity (Wildman–Crippen MR) is 70.6 cm³/mol. The van der Waals surface area contributed by atoms with Crippen molar-refractivity contribution in [3.05, 3.63) is 11.4 Å². The number of amides is 3. The second-order valence-corrected chi connectivity index (χ2v) is 4.74. The summed E-state index contributed by atoms with van der Waals surface area (Å²) in [7, 11) is 1.60. The van der Waals surface area contributed by atoms with Gasteiger partial charge in [-0.3, -0.25) is 24.4 Å². The molecule has 2 rings (SSSR count). The van der Waals surface area contributed by atoms with Crippen molar-refractivity contribution in [3.8, 4) is 0 Å². The summed E-state index contributed by atoms with van der Waals surface area (Å²) in [5.74, 6) is -1.42. The van der Waals surface area contributed by atoms with Crippen LogP contribution in [0.3, 0.4) is 0 Å². The number of imide groups is 1. The number of hydrogen-bond donors (Lipinski definition) is 2. The fraction of sp³-hybridized carbons (Fsp3) is 0.500. The number of nitrogens with two attached hydrogens (primary N) is 1. The molecule has 0 aromatic carbocycles. The number of nitrogen functional groups attached to an aromatic ring is 1. The summed E-state index contributed by atoms with van der Waals surface area (Å²) in [5, 5.41) is 6.30. The van der Waals surface area contributed by atoms with E-state index in [4.69, 9.17) is 5.73 Å². The largest absolute Gasteiger partial charge is 0.395 e. The van der Waals surface area contributed by atoms with Gasteiger partial charge in [0.15, 0.2) is 0 Å². The van der Waals surface area contributed by atoms with E-state index in [1.54, 1.807) is 20.9 Å². The Labute approximate surface area is 115 Å². The maximum absolute atomic E-state index is 12.6. The van der Waals surface area contributed by atoms with Gasteiger partial charge in [-0.25, -0.2) is 0 Å². The first-order chi connectivity index (χ1) is 9.36. The molecular formula is C12H17N5O3. The molecule has 3 amide bonds. The van der Waals surface area contributed by atoms with E-state index in [2.05, 4.69) is 10.4 Å². The van der Waals surface area contributed by atoms with Crippen LogP contribution in [0, 0.1) is 6.92 Å². The van der Waals surface area contributed by atoms with Crippen molar-refractivity contribution in [1.82, 2.24) is 20.0 Å². The van der Waals surface area contributed by atoms with E-state index < -0.39 is 23.8 Å². The van der Waals surface area contributed by atoms with Gasteiger partial charge in [0, 0.05) is 7.05 Å². The third-order valence-electron chi connectivity index (χ3n) is 3.37. The van der Waals surface area contributed by atoms with Gasteiger partial charge in [0.25, 0.3) is 5.91 Å². The summed E-state index contributed by atoms with van der Waals surface area (Å²) in [6.07, 6.45) is 0.418. The third-order valence-corrected chi connectivity index (χ3v) is 3.37. The first kappa shape index (κ1) is 14.0. The number of anilines is 1. The Bertz CT molecular complexity index is 592. The fourth-order valence-electron chi connectivity index (χ4n) is 2.35. The normalized spacial score (nSPS) is 19.1. The molecule has 0 saturated carbocycles. The maximum Gasteiger partial charge on any atom is 0.275 e. The van der Waals surface area contributed by atoms with Gasteiger partial charge >= 0.3 is 0 Å². The summed E-state index contributed by atoms with van der Waals surface area (Å²) in [5.41, 5.74) is 6.86. The maximum atomic E-state index is 12.6. The average molecular weight is 279 g/mol. The van der Waals surface area contributed by atoms with Gasteiger partial charge in [-0.15, -0.1) is 0 Å². The van der Waals surface area contributed by atoms with Gasteiger partial charge in [0.2, 0.25) is 11.8 Å². The Hall–Kier alpha value is -2.38. The minimum atomic E-state index is -0.671. The monoisotopic (exact) mass is 279 g/mol. The van der Waals surface area contributed by atoms with Gasteiger partial charge in [-0.2, -0.15) is 5.10 Å². The van der Waals surface area contributed by atoms with Crippen molar-refractivity contribution < 1.29 is 14.4 Å². The van der Waals surface area contributed by atoms with Crippen molar-refractivity contribution >= 4 is 23.4 Å². The average Bonchev–Trinajstić information content (AvgIpc) is 2.61. The van der Waals surface area contributed by atoms with Crippen LogP contribution in [-0.2, 0) is 16.6 Å². The molecule has 108 valence electrons. The van der Waals surface area contributed by atoms with Gasteiger partial charge in [0.05, 0.1) is 11.4 Å². The molecule has 1 unspecified atom stereocenters. The minimum Gasteiger partial charge on any atom is -0.395 e. The highest BCUT2D eigenvalue weighted by atomic mass is 16.2. The minimum absolute atomic E-state index is 0.160. The second-order valence-electron chi connectivity index (χ2n) is 4.74. The number of aryl methyl sites for hydroxylation is 2. The predicted octanol–water partition coefficient (Wildman–Crippen LogP) is -0.812. The smallest absolute Gasteiger partial charge is 0.275 e. The van der Waals surface area contributed by atoms with Crippen molar-refractivity contribution in [1.29, 1.82) is 0 Å². The molecule has 8 heteroatoms. The third kappa shape index (κ3) is 2.13. The number of aromatic nitrogens is 2. The lowest BCUT2D eigenvalue weighted by Crippen LogP contribution is -2.59. The number of carbonyl (C=O) groups excluding carboxylic acids is 3. The van der Waals surface area contributed by atoms with Crippen molar-refractivity contribution in [3.63, 3.8) is 0 Å². The summed E-state index contributed by atoms with van der Waals surface area (Å²) in [6, 6.07) is -0.671. The van der Waals surface area contributed by atoms with Crippen LogP contribution in [0.1, 0.15) is 29.5 Å². The molecule has 1 aromatic rings. The molecular weight excluding hydrogens is 262 g/mol. The van der Waals surface area contributed by atoms with Crippen LogP contribution in [0.2, 0.25) is 0 Å². The van der Waals surface area contributed by atoms with E-state index in [1.807, 2.05) is 0 Å². The number of nitrogens with one attached hydrogen (secondary N) is 1. The lowest BCUT2D eigenvalue weighted by Gasteiger charge is -2.33. The Balaban J connectivity index is 2.40. The zero-order valence-electron chi connectivity index (χ0n) is 11.6. The van der Waals surface area contributed by atoms with Gasteiger partial charge in [-0.05, 0) is 13.3 Å². The first-order valence-corrected chi connectivity index (χ1v) is 6.30. The first-order valence-electron chi connectivity index (χ1n) is 6.30. The zero-order valence-corrected chi connectivity index (χ0v) is 11.6. The number of nitrogens with zero attached hydrogens (tertiary/aromatic N) is 3. The Morgan fingerprint density at radius 3 is 2.65 bits per heavy atom. The van der Waals surface area contributed by atoms with Crippen LogP contribution in [0.25, 0.3) is 0 Å². The zero-order chi connectivity index (χ0) is 15.0. The van der Waals surface area contributed by atoms with Crippen molar-refractivity contribution in [2.24, 2.45) is 7.05 Å². The highest BCUT2D eigenvalue weighted by molar-refractivity contribution is 6.08. The topological polar surface area (TPSA) is 110 Å². The number of carbonyl (C=O) groups is 3. The van der Waals surface area contributed by atoms with Crippen LogP contribution in [0.4, 0.5) is 5.69 Å². The van der Waals surface area contributed by atoms with Gasteiger partial charge < -0.3 is 10.6 Å². The van der Waals surface area contributed by atoms with E-state index in [1.165, 1.54) is 9.58 Å². The molecule has 0 bridgehead atoms. The van der Waals surface area contributed by atoms with E-state index in [0.717, 1.165) is 0 Å². The van der Waals surface area contributed by atoms with Crippen LogP contribution >= 0.6 is 0 Å². The second kappa shape index (κ2) is 4.95. The summed E-state index contributed by atoms with van der Waals surface area (Å²) in [4.78, 5) is 37.1. The van der Waals surface area contributed by atoms with E-state index in [-0.39, 0.29) is 17.9 Å². The Kier molecular flexibility index (Phi) is 3.47. The van der Waals surface area contributed by atoms with Gasteiger partial charge in [-0.1, -0.05) is 6.92 Å². The van der Waals surface area contributed by atoms with Crippen molar-refractivity contribution in [2.45, 2.75) is 26.3 Å². The van der Waals surface area contributed by atoms with Crippen LogP contribution in [0.15, 0.2) is 0 Å². The lowest BCUT2D eigenvalue weighted by atomic mass is 10.1. The number of piperazine rings is 1. The number of hydrogen-bond acceptors (Lipinski definition) is 5. The van der Waals surface area contributed by atoms with Crippen LogP contribution < -0.4 is 11.1 Å². The quantitative estimate of drug-likeness (QED) is 0.688. The van der Waals surface area contributed by atoms with E-state index in [0.29, 0.717) is 12.1 Å². The Morgan fingerprint density at radius 1 is 1.50 bits per heavy atom. The molecule has 8 nitrogen and oxygen atoms in total. The molecule has 0 spiro atoms. The molecule has 0 radical (unpaired) electrons. The van der Waals surface area contributed by atoms with Crippen molar-refractivity contribution in [2.75, 3.05) is 12.3 Å². The fourth-order valence-corrected chi connectivity index (χ4v) is 2.35. The molecule has 20 heavy (non-hydrogen) atoms. The molecule has 0 aliphatic carbocycles. The number of rotatable bonds is 2. The molecule has 2 heterocycles. The molecule has 1 aliphatic heterocycles. The summed E-state index contributed by atoms with van der Waals surface area (Å²) >= 11 is 0. The van der Waals surface area contributed by atoms with E-state index >= 15 is 0 Å². The molecule has 1 aliphatic rings. The highest BCUT2D eigenvalue weighted by Crippen LogP contribution is 2.20. The molecule has 1 atom stereocenters. The SMILES string of the molecule is CCC1C(=O)NC(=O)CN1C(=O)c1c(N)c(C)nn1C. The van der Waals surface area contributed by atoms with Crippen LogP contribution in [0.5, 0.6) is 0 Å². The van der Waals surface area contributed by atoms with Crippen LogP contribution in [-0.4, -0.2) is 45.0 Å². The molecule has 1 fully saturated rings.